The Hall–Kier alpha value is -3.06. The van der Waals surface area contributed by atoms with Crippen LogP contribution in [0.2, 0.25) is 5.02 Å². The van der Waals surface area contributed by atoms with Crippen molar-refractivity contribution in [2.75, 3.05) is 24.9 Å². The Morgan fingerprint density at radius 2 is 1.78 bits per heavy atom. The van der Waals surface area contributed by atoms with Gasteiger partial charge in [0.25, 0.3) is 0 Å². The van der Waals surface area contributed by atoms with E-state index in [2.05, 4.69) is 20.6 Å². The minimum absolute atomic E-state index is 0.270. The van der Waals surface area contributed by atoms with Gasteiger partial charge in [0.2, 0.25) is 5.95 Å². The van der Waals surface area contributed by atoms with Gasteiger partial charge in [-0.3, -0.25) is 0 Å². The van der Waals surface area contributed by atoms with Gasteiger partial charge in [0.1, 0.15) is 23.1 Å². The van der Waals surface area contributed by atoms with E-state index in [-0.39, 0.29) is 5.82 Å². The number of hydrogen-bond donors (Lipinski definition) is 2. The molecule has 6 nitrogen and oxygen atoms in total. The Kier molecular flexibility index (Phi) is 5.93. The monoisotopic (exact) mass is 388 g/mol. The van der Waals surface area contributed by atoms with Gasteiger partial charge in [-0.2, -0.15) is 4.98 Å². The number of ether oxygens (including phenoxy) is 2. The van der Waals surface area contributed by atoms with Crippen molar-refractivity contribution in [3.8, 4) is 11.5 Å². The molecule has 0 saturated heterocycles. The largest absolute Gasteiger partial charge is 0.495 e. The van der Waals surface area contributed by atoms with Crippen LogP contribution in [-0.4, -0.2) is 24.2 Å². The molecule has 0 fully saturated rings. The van der Waals surface area contributed by atoms with E-state index in [0.717, 1.165) is 5.56 Å². The van der Waals surface area contributed by atoms with E-state index in [9.17, 15) is 4.39 Å². The molecule has 2 aromatic carbocycles. The van der Waals surface area contributed by atoms with Gasteiger partial charge in [0.05, 0.1) is 24.9 Å². The van der Waals surface area contributed by atoms with Crippen molar-refractivity contribution < 1.29 is 13.9 Å². The minimum atomic E-state index is -0.270. The first-order valence-electron chi connectivity index (χ1n) is 8.09. The summed E-state index contributed by atoms with van der Waals surface area (Å²) >= 11 is 6.13. The van der Waals surface area contributed by atoms with Gasteiger partial charge >= 0.3 is 0 Å². The van der Waals surface area contributed by atoms with E-state index in [1.165, 1.54) is 12.1 Å². The maximum absolute atomic E-state index is 13.0. The van der Waals surface area contributed by atoms with Gasteiger partial charge in [-0.15, -0.1) is 0 Å². The first kappa shape index (κ1) is 18.7. The van der Waals surface area contributed by atoms with Crippen LogP contribution in [0, 0.1) is 5.82 Å². The maximum Gasteiger partial charge on any atom is 0.224 e. The molecule has 27 heavy (non-hydrogen) atoms. The van der Waals surface area contributed by atoms with Crippen LogP contribution in [-0.2, 0) is 6.54 Å². The zero-order chi connectivity index (χ0) is 19.2. The smallest absolute Gasteiger partial charge is 0.224 e. The first-order chi connectivity index (χ1) is 13.1. The van der Waals surface area contributed by atoms with Crippen molar-refractivity contribution in [1.29, 1.82) is 0 Å². The lowest BCUT2D eigenvalue weighted by molar-refractivity contribution is 0.405. The number of aromatic nitrogens is 2. The molecule has 1 heterocycles. The molecule has 0 amide bonds. The highest BCUT2D eigenvalue weighted by Crippen LogP contribution is 2.37. The van der Waals surface area contributed by atoms with Crippen LogP contribution in [0.4, 0.5) is 21.8 Å². The van der Waals surface area contributed by atoms with Crippen LogP contribution in [0.15, 0.2) is 48.7 Å². The summed E-state index contributed by atoms with van der Waals surface area (Å²) in [5.41, 5.74) is 1.57. The van der Waals surface area contributed by atoms with Gasteiger partial charge in [-0.1, -0.05) is 23.7 Å². The van der Waals surface area contributed by atoms with E-state index < -0.39 is 0 Å². The van der Waals surface area contributed by atoms with E-state index in [1.807, 2.05) is 0 Å². The van der Waals surface area contributed by atoms with Gasteiger partial charge in [-0.05, 0) is 23.8 Å². The molecule has 0 radical (unpaired) electrons. The van der Waals surface area contributed by atoms with E-state index >= 15 is 0 Å². The Morgan fingerprint density at radius 3 is 2.48 bits per heavy atom. The van der Waals surface area contributed by atoms with Crippen LogP contribution in [0.3, 0.4) is 0 Å². The number of hydrogen-bond acceptors (Lipinski definition) is 6. The fourth-order valence-corrected chi connectivity index (χ4v) is 2.62. The number of methoxy groups -OCH3 is 2. The van der Waals surface area contributed by atoms with Crippen molar-refractivity contribution in [1.82, 2.24) is 9.97 Å². The molecule has 8 heteroatoms. The molecule has 0 spiro atoms. The van der Waals surface area contributed by atoms with Crippen molar-refractivity contribution in [3.05, 3.63) is 65.1 Å². The molecule has 3 aromatic rings. The summed E-state index contributed by atoms with van der Waals surface area (Å²) in [6.07, 6.45) is 1.63. The Balaban J connectivity index is 1.75. The normalized spacial score (nSPS) is 10.4. The average molecular weight is 389 g/mol. The van der Waals surface area contributed by atoms with E-state index in [4.69, 9.17) is 21.1 Å². The lowest BCUT2D eigenvalue weighted by atomic mass is 10.2. The Morgan fingerprint density at radius 1 is 1.04 bits per heavy atom. The highest BCUT2D eigenvalue weighted by atomic mass is 35.5. The molecule has 2 N–H and O–H groups in total. The quantitative estimate of drug-likeness (QED) is 0.614. The zero-order valence-corrected chi connectivity index (χ0v) is 15.5. The van der Waals surface area contributed by atoms with Gasteiger partial charge < -0.3 is 20.1 Å². The molecule has 0 aliphatic heterocycles. The molecule has 0 atom stereocenters. The number of benzene rings is 2. The number of nitrogens with one attached hydrogen (secondary N) is 2. The van der Waals surface area contributed by atoms with Gasteiger partial charge in [0, 0.05) is 24.9 Å². The summed E-state index contributed by atoms with van der Waals surface area (Å²) in [6, 6.07) is 11.4. The summed E-state index contributed by atoms with van der Waals surface area (Å²) < 4.78 is 23.6. The summed E-state index contributed by atoms with van der Waals surface area (Å²) in [7, 11) is 3.10. The maximum atomic E-state index is 13.0. The predicted octanol–water partition coefficient (Wildman–Crippen LogP) is 4.64. The first-order valence-corrected chi connectivity index (χ1v) is 8.46. The molecular weight excluding hydrogens is 371 g/mol. The summed E-state index contributed by atoms with van der Waals surface area (Å²) in [5.74, 6) is 1.80. The fraction of sp³-hybridized carbons (Fsp3) is 0.158. The molecule has 0 bridgehead atoms. The molecular formula is C19H18ClFN4O2. The minimum Gasteiger partial charge on any atom is -0.495 e. The standard InChI is InChI=1S/C19H18ClFN4O2/c1-26-16-10-15(17(27-2)9-14(16)20)24-18-7-8-22-19(25-18)23-11-12-3-5-13(21)6-4-12/h3-10H,11H2,1-2H3,(H2,22,23,24,25). The van der Waals surface area contributed by atoms with E-state index in [0.29, 0.717) is 40.5 Å². The number of rotatable bonds is 7. The van der Waals surface area contributed by atoms with Crippen LogP contribution in [0.25, 0.3) is 0 Å². The molecule has 0 aliphatic rings. The fourth-order valence-electron chi connectivity index (χ4n) is 2.39. The summed E-state index contributed by atoms with van der Waals surface area (Å²) in [6.45, 7) is 0.474. The van der Waals surface area contributed by atoms with Crippen LogP contribution in [0.1, 0.15) is 5.56 Å². The molecule has 0 aliphatic carbocycles. The van der Waals surface area contributed by atoms with Crippen molar-refractivity contribution in [2.45, 2.75) is 6.54 Å². The molecule has 3 rings (SSSR count). The highest BCUT2D eigenvalue weighted by molar-refractivity contribution is 6.32. The second kappa shape index (κ2) is 8.55. The number of halogens is 2. The SMILES string of the molecule is COc1cc(Nc2ccnc(NCc3ccc(F)cc3)n2)c(OC)cc1Cl. The Bertz CT molecular complexity index is 922. The van der Waals surface area contributed by atoms with Gasteiger partial charge in [-0.25, -0.2) is 9.37 Å². The topological polar surface area (TPSA) is 68.3 Å². The molecule has 0 saturated carbocycles. The number of nitrogens with zero attached hydrogens (tertiary/aromatic N) is 2. The van der Waals surface area contributed by atoms with Crippen molar-refractivity contribution in [3.63, 3.8) is 0 Å². The molecule has 0 unspecified atom stereocenters. The lowest BCUT2D eigenvalue weighted by Gasteiger charge is -2.14. The predicted molar refractivity (Wildman–Crippen MR) is 104 cm³/mol. The third-order valence-corrected chi connectivity index (χ3v) is 4.05. The highest BCUT2D eigenvalue weighted by Gasteiger charge is 2.11. The third-order valence-electron chi connectivity index (χ3n) is 3.76. The van der Waals surface area contributed by atoms with Crippen molar-refractivity contribution >= 4 is 29.1 Å². The molecule has 1 aromatic heterocycles. The van der Waals surface area contributed by atoms with Crippen LogP contribution < -0.4 is 20.1 Å². The molecule has 140 valence electrons. The lowest BCUT2D eigenvalue weighted by Crippen LogP contribution is -2.05. The average Bonchev–Trinajstić information content (AvgIpc) is 2.69. The summed E-state index contributed by atoms with van der Waals surface area (Å²) in [4.78, 5) is 8.61. The number of anilines is 3. The second-order valence-corrected chi connectivity index (χ2v) is 5.96. The third kappa shape index (κ3) is 4.77. The van der Waals surface area contributed by atoms with Crippen molar-refractivity contribution in [2.24, 2.45) is 0 Å². The van der Waals surface area contributed by atoms with Gasteiger partial charge in [0.15, 0.2) is 0 Å². The zero-order valence-electron chi connectivity index (χ0n) is 14.8. The van der Waals surface area contributed by atoms with E-state index in [1.54, 1.807) is 50.7 Å². The van der Waals surface area contributed by atoms with Crippen LogP contribution >= 0.6 is 11.6 Å². The van der Waals surface area contributed by atoms with Crippen LogP contribution in [0.5, 0.6) is 11.5 Å². The second-order valence-electron chi connectivity index (χ2n) is 5.56. The Labute approximate surface area is 161 Å². The summed E-state index contributed by atoms with van der Waals surface area (Å²) in [5, 5.41) is 6.72.